The Bertz CT molecular complexity index is 3180. The average Bonchev–Trinajstić information content (AvgIpc) is 3.90. The van der Waals surface area contributed by atoms with Crippen LogP contribution in [0.3, 0.4) is 0 Å². The number of nitrogens with zero attached hydrogens (tertiary/aromatic N) is 1. The van der Waals surface area contributed by atoms with Crippen LogP contribution < -0.4 is 0 Å². The molecule has 53 heavy (non-hydrogen) atoms. The summed E-state index contributed by atoms with van der Waals surface area (Å²) in [6.45, 7) is 0. The largest absolute Gasteiger partial charge is 0.192 e. The lowest BCUT2D eigenvalue weighted by atomic mass is 9.90. The molecule has 8 aromatic carbocycles. The predicted octanol–water partition coefficient (Wildman–Crippen LogP) is 15.3. The molecule has 0 saturated carbocycles. The highest BCUT2D eigenvalue weighted by atomic mass is 32.1. The Morgan fingerprint density at radius 1 is 0.283 bits per heavy atom. The third kappa shape index (κ3) is 5.09. The Balaban J connectivity index is 1.10. The molecule has 246 valence electrons. The molecule has 0 spiro atoms. The molecule has 0 aliphatic heterocycles. The third-order valence-electron chi connectivity index (χ3n) is 10.5. The molecule has 4 heteroatoms. The van der Waals surface area contributed by atoms with Gasteiger partial charge in [-0.15, -0.1) is 34.0 Å². The first-order chi connectivity index (χ1) is 26.1. The summed E-state index contributed by atoms with van der Waals surface area (Å²) in [6.07, 6.45) is 0. The van der Waals surface area contributed by atoms with Crippen LogP contribution in [-0.2, 0) is 0 Å². The highest BCUT2D eigenvalue weighted by Crippen LogP contribution is 2.42. The molecule has 0 aliphatic rings. The molecule has 3 heterocycles. The Kier molecular flexibility index (Phi) is 6.90. The van der Waals surface area contributed by atoms with Gasteiger partial charge in [0.15, 0.2) is 0 Å². The van der Waals surface area contributed by atoms with E-state index in [9.17, 15) is 5.26 Å². The maximum atomic E-state index is 10.3. The number of nitriles is 1. The van der Waals surface area contributed by atoms with Gasteiger partial charge >= 0.3 is 0 Å². The second-order valence-corrected chi connectivity index (χ2v) is 16.9. The van der Waals surface area contributed by atoms with Gasteiger partial charge in [-0.1, -0.05) is 91.0 Å². The van der Waals surface area contributed by atoms with Crippen molar-refractivity contribution in [3.05, 3.63) is 169 Å². The first-order valence-corrected chi connectivity index (χ1v) is 20.1. The minimum absolute atomic E-state index is 0.652. The fraction of sp³-hybridized carbons (Fsp3) is 0. The summed E-state index contributed by atoms with van der Waals surface area (Å²) >= 11 is 5.52. The molecule has 0 bridgehead atoms. The molecule has 0 unspecified atom stereocenters. The third-order valence-corrected chi connectivity index (χ3v) is 13.9. The van der Waals surface area contributed by atoms with Crippen LogP contribution in [0.2, 0.25) is 0 Å². The maximum Gasteiger partial charge on any atom is 0.0992 e. The minimum Gasteiger partial charge on any atom is -0.192 e. The number of hydrogen-bond donors (Lipinski definition) is 0. The van der Waals surface area contributed by atoms with Crippen LogP contribution in [-0.4, -0.2) is 0 Å². The lowest BCUT2D eigenvalue weighted by Gasteiger charge is -2.13. The van der Waals surface area contributed by atoms with Crippen molar-refractivity contribution in [2.45, 2.75) is 0 Å². The Labute approximate surface area is 317 Å². The van der Waals surface area contributed by atoms with Crippen molar-refractivity contribution in [2.24, 2.45) is 0 Å². The van der Waals surface area contributed by atoms with Gasteiger partial charge in [-0.05, 0) is 117 Å². The second kappa shape index (κ2) is 12.0. The first kappa shape index (κ1) is 30.5. The Hall–Kier alpha value is -6.09. The molecule has 0 amide bonds. The molecule has 3 aromatic heterocycles. The summed E-state index contributed by atoms with van der Waals surface area (Å²) in [5.41, 5.74) is 9.61. The monoisotopic (exact) mass is 725 g/mol. The standard InChI is InChI=1S/C49H27NS3/c50-28-29-19-33(30-13-16-41-38-7-1-4-10-44(38)51-47(41)25-30)21-34(20-29)37-23-35(31-14-17-42-39-8-2-5-11-45(39)52-48(42)26-31)22-36(24-37)32-15-18-43-40-9-3-6-12-46(40)53-49(43)27-32/h1-27H. The predicted molar refractivity (Wildman–Crippen MR) is 232 cm³/mol. The van der Waals surface area contributed by atoms with Crippen molar-refractivity contribution >= 4 is 94.5 Å². The number of rotatable bonds is 4. The summed E-state index contributed by atoms with van der Waals surface area (Å²) in [6, 6.07) is 62.1. The Morgan fingerprint density at radius 2 is 0.585 bits per heavy atom. The smallest absolute Gasteiger partial charge is 0.0992 e. The highest BCUT2D eigenvalue weighted by molar-refractivity contribution is 7.26. The highest BCUT2D eigenvalue weighted by Gasteiger charge is 2.14. The van der Waals surface area contributed by atoms with E-state index in [2.05, 4.69) is 158 Å². The van der Waals surface area contributed by atoms with E-state index >= 15 is 0 Å². The van der Waals surface area contributed by atoms with Gasteiger partial charge in [-0.25, -0.2) is 0 Å². The van der Waals surface area contributed by atoms with Crippen LogP contribution in [0.1, 0.15) is 5.56 Å². The van der Waals surface area contributed by atoms with Gasteiger partial charge in [0.1, 0.15) is 0 Å². The van der Waals surface area contributed by atoms with Crippen molar-refractivity contribution in [1.82, 2.24) is 0 Å². The normalized spacial score (nSPS) is 11.8. The maximum absolute atomic E-state index is 10.3. The van der Waals surface area contributed by atoms with Crippen LogP contribution in [0.15, 0.2) is 164 Å². The van der Waals surface area contributed by atoms with Crippen molar-refractivity contribution in [2.75, 3.05) is 0 Å². The van der Waals surface area contributed by atoms with E-state index < -0.39 is 0 Å². The summed E-state index contributed by atoms with van der Waals surface area (Å²) in [5.74, 6) is 0. The molecule has 0 aliphatic carbocycles. The molecule has 0 radical (unpaired) electrons. The van der Waals surface area contributed by atoms with Gasteiger partial charge in [0, 0.05) is 60.5 Å². The van der Waals surface area contributed by atoms with Crippen LogP contribution in [0, 0.1) is 11.3 Å². The number of benzene rings is 8. The first-order valence-electron chi connectivity index (χ1n) is 17.6. The van der Waals surface area contributed by atoms with Gasteiger partial charge in [0.25, 0.3) is 0 Å². The lowest BCUT2D eigenvalue weighted by molar-refractivity contribution is 1.48. The van der Waals surface area contributed by atoms with Gasteiger partial charge < -0.3 is 0 Å². The van der Waals surface area contributed by atoms with Gasteiger partial charge in [-0.2, -0.15) is 5.26 Å². The van der Waals surface area contributed by atoms with Crippen LogP contribution >= 0.6 is 34.0 Å². The quantitative estimate of drug-likeness (QED) is 0.177. The second-order valence-electron chi connectivity index (χ2n) is 13.6. The summed E-state index contributed by atoms with van der Waals surface area (Å²) in [4.78, 5) is 0. The summed E-state index contributed by atoms with van der Waals surface area (Å²) < 4.78 is 7.73. The molecule has 11 rings (SSSR count). The molecule has 0 saturated heterocycles. The zero-order valence-corrected chi connectivity index (χ0v) is 30.7. The number of hydrogen-bond acceptors (Lipinski definition) is 4. The molecular weight excluding hydrogens is 699 g/mol. The van der Waals surface area contributed by atoms with Gasteiger partial charge in [0.05, 0.1) is 11.6 Å². The van der Waals surface area contributed by atoms with Crippen LogP contribution in [0.4, 0.5) is 0 Å². The van der Waals surface area contributed by atoms with E-state index in [1.54, 1.807) is 0 Å². The molecule has 0 atom stereocenters. The van der Waals surface area contributed by atoms with Crippen molar-refractivity contribution in [3.63, 3.8) is 0 Å². The average molecular weight is 726 g/mol. The van der Waals surface area contributed by atoms with Gasteiger partial charge in [-0.3, -0.25) is 0 Å². The van der Waals surface area contributed by atoms with E-state index in [1.807, 2.05) is 46.1 Å². The van der Waals surface area contributed by atoms with E-state index in [0.29, 0.717) is 5.56 Å². The molecule has 1 nitrogen and oxygen atoms in total. The van der Waals surface area contributed by atoms with Crippen LogP contribution in [0.5, 0.6) is 0 Å². The molecule has 0 N–H and O–H groups in total. The topological polar surface area (TPSA) is 23.8 Å². The molecule has 11 aromatic rings. The van der Waals surface area contributed by atoms with Crippen molar-refractivity contribution < 1.29 is 0 Å². The van der Waals surface area contributed by atoms with E-state index in [0.717, 1.165) is 33.4 Å². The fourth-order valence-electron chi connectivity index (χ4n) is 7.87. The summed E-state index contributed by atoms with van der Waals surface area (Å²) in [7, 11) is 0. The van der Waals surface area contributed by atoms with E-state index in [4.69, 9.17) is 0 Å². The van der Waals surface area contributed by atoms with Crippen molar-refractivity contribution in [3.8, 4) is 50.6 Å². The lowest BCUT2D eigenvalue weighted by Crippen LogP contribution is -1.89. The number of thiophene rings is 3. The minimum atomic E-state index is 0.652. The summed E-state index contributed by atoms with van der Waals surface area (Å²) in [5, 5.41) is 18.0. The molecule has 0 fully saturated rings. The fourth-order valence-corrected chi connectivity index (χ4v) is 11.3. The number of fused-ring (bicyclic) bond motifs is 9. The Morgan fingerprint density at radius 3 is 0.962 bits per heavy atom. The van der Waals surface area contributed by atoms with Crippen LogP contribution in [0.25, 0.3) is 105 Å². The zero-order valence-electron chi connectivity index (χ0n) is 28.3. The zero-order chi connectivity index (χ0) is 35.0. The van der Waals surface area contributed by atoms with E-state index in [-0.39, 0.29) is 0 Å². The van der Waals surface area contributed by atoms with E-state index in [1.165, 1.54) is 71.6 Å². The van der Waals surface area contributed by atoms with Crippen molar-refractivity contribution in [1.29, 1.82) is 5.26 Å². The van der Waals surface area contributed by atoms with Gasteiger partial charge in [0.2, 0.25) is 0 Å². The molecular formula is C49H27NS3. The SMILES string of the molecule is N#Cc1cc(-c2cc(-c3ccc4c(c3)sc3ccccc34)cc(-c3ccc4c(c3)sc3ccccc34)c2)cc(-c2ccc3c(c2)sc2ccccc23)c1.